The number of aliphatic hydroxyl groups is 1. The largest absolute Gasteiger partial charge is 0.493 e. The second-order valence-electron chi connectivity index (χ2n) is 4.92. The van der Waals surface area contributed by atoms with Crippen LogP contribution in [0.1, 0.15) is 24.8 Å². The molecule has 110 valence electrons. The van der Waals surface area contributed by atoms with Crippen LogP contribution in [0.5, 0.6) is 5.75 Å². The molecule has 0 spiro atoms. The van der Waals surface area contributed by atoms with Crippen LogP contribution in [0.4, 0.5) is 0 Å². The van der Waals surface area contributed by atoms with Gasteiger partial charge in [0.2, 0.25) is 0 Å². The smallest absolute Gasteiger partial charge is 0.322 e. The van der Waals surface area contributed by atoms with E-state index in [0.717, 1.165) is 18.4 Å². The van der Waals surface area contributed by atoms with E-state index in [9.17, 15) is 9.90 Å². The van der Waals surface area contributed by atoms with Gasteiger partial charge in [0, 0.05) is 18.0 Å². The molecule has 1 unspecified atom stereocenters. The summed E-state index contributed by atoms with van der Waals surface area (Å²) >= 11 is 0. The van der Waals surface area contributed by atoms with Crippen LogP contribution >= 0.6 is 0 Å². The molecule has 0 amide bonds. The standard InChI is InChI=1S/C15H21NO4/c1-19-15(18)13(16-12-6-7-12)8-9-20-14-5-3-2-4-11(14)10-17/h2-5,12-13,16-17H,6-10H2,1H3. The third-order valence-corrected chi connectivity index (χ3v) is 3.31. The van der Waals surface area contributed by atoms with Gasteiger partial charge in [-0.2, -0.15) is 0 Å². The number of carbonyl (C=O) groups is 1. The minimum absolute atomic E-state index is 0.0586. The number of benzene rings is 1. The van der Waals surface area contributed by atoms with E-state index >= 15 is 0 Å². The third kappa shape index (κ3) is 4.21. The van der Waals surface area contributed by atoms with Crippen LogP contribution in [-0.4, -0.2) is 36.9 Å². The first-order valence-corrected chi connectivity index (χ1v) is 6.90. The Balaban J connectivity index is 1.84. The lowest BCUT2D eigenvalue weighted by Crippen LogP contribution is -2.40. The summed E-state index contributed by atoms with van der Waals surface area (Å²) in [6.07, 6.45) is 2.77. The number of methoxy groups -OCH3 is 1. The monoisotopic (exact) mass is 279 g/mol. The first kappa shape index (κ1) is 14.8. The van der Waals surface area contributed by atoms with Crippen molar-refractivity contribution < 1.29 is 19.4 Å². The third-order valence-electron chi connectivity index (χ3n) is 3.31. The lowest BCUT2D eigenvalue weighted by molar-refractivity contribution is -0.143. The van der Waals surface area contributed by atoms with Gasteiger partial charge in [-0.1, -0.05) is 18.2 Å². The number of nitrogens with one attached hydrogen (secondary N) is 1. The molecule has 1 fully saturated rings. The number of para-hydroxylation sites is 1. The molecule has 5 nitrogen and oxygen atoms in total. The van der Waals surface area contributed by atoms with Gasteiger partial charge in [0.15, 0.2) is 0 Å². The molecule has 1 aromatic carbocycles. The highest BCUT2D eigenvalue weighted by Gasteiger charge is 2.28. The van der Waals surface area contributed by atoms with Gasteiger partial charge in [-0.25, -0.2) is 0 Å². The topological polar surface area (TPSA) is 67.8 Å². The number of ether oxygens (including phenoxy) is 2. The lowest BCUT2D eigenvalue weighted by Gasteiger charge is -2.17. The number of rotatable bonds is 8. The van der Waals surface area contributed by atoms with Gasteiger partial charge in [-0.3, -0.25) is 4.79 Å². The molecule has 1 aliphatic carbocycles. The molecule has 0 bridgehead atoms. The van der Waals surface area contributed by atoms with Crippen molar-refractivity contribution in [2.45, 2.75) is 38.0 Å². The molecule has 1 aliphatic rings. The second-order valence-corrected chi connectivity index (χ2v) is 4.92. The molecule has 2 rings (SSSR count). The van der Waals surface area contributed by atoms with Gasteiger partial charge in [0.1, 0.15) is 11.8 Å². The van der Waals surface area contributed by atoms with Crippen LogP contribution in [0.15, 0.2) is 24.3 Å². The number of aliphatic hydroxyl groups excluding tert-OH is 1. The molecular weight excluding hydrogens is 258 g/mol. The Morgan fingerprint density at radius 1 is 1.45 bits per heavy atom. The summed E-state index contributed by atoms with van der Waals surface area (Å²) in [4.78, 5) is 11.7. The molecule has 1 aromatic rings. The van der Waals surface area contributed by atoms with Crippen molar-refractivity contribution in [2.24, 2.45) is 0 Å². The minimum Gasteiger partial charge on any atom is -0.493 e. The zero-order valence-corrected chi connectivity index (χ0v) is 11.7. The normalized spacial score (nSPS) is 15.7. The maximum absolute atomic E-state index is 11.7. The first-order chi connectivity index (χ1) is 9.74. The van der Waals surface area contributed by atoms with Crippen LogP contribution in [-0.2, 0) is 16.1 Å². The van der Waals surface area contributed by atoms with Crippen molar-refractivity contribution in [1.29, 1.82) is 0 Å². The lowest BCUT2D eigenvalue weighted by atomic mass is 10.2. The van der Waals surface area contributed by atoms with Crippen LogP contribution in [0.25, 0.3) is 0 Å². The average Bonchev–Trinajstić information content (AvgIpc) is 3.30. The van der Waals surface area contributed by atoms with Crippen LogP contribution < -0.4 is 10.1 Å². The van der Waals surface area contributed by atoms with Gasteiger partial charge < -0.3 is 19.9 Å². The predicted octanol–water partition coefficient (Wildman–Crippen LogP) is 1.24. The van der Waals surface area contributed by atoms with Gasteiger partial charge in [0.25, 0.3) is 0 Å². The Morgan fingerprint density at radius 2 is 2.20 bits per heavy atom. The summed E-state index contributed by atoms with van der Waals surface area (Å²) in [5.41, 5.74) is 0.747. The molecular formula is C15H21NO4. The molecule has 0 aromatic heterocycles. The number of hydrogen-bond donors (Lipinski definition) is 2. The molecule has 0 radical (unpaired) electrons. The van der Waals surface area contributed by atoms with Gasteiger partial charge in [-0.15, -0.1) is 0 Å². The van der Waals surface area contributed by atoms with Crippen molar-refractivity contribution in [3.63, 3.8) is 0 Å². The van der Waals surface area contributed by atoms with Crippen molar-refractivity contribution in [3.8, 4) is 5.75 Å². The summed E-state index contributed by atoms with van der Waals surface area (Å²) in [6.45, 7) is 0.341. The van der Waals surface area contributed by atoms with Crippen molar-refractivity contribution in [2.75, 3.05) is 13.7 Å². The van der Waals surface area contributed by atoms with Crippen molar-refractivity contribution in [3.05, 3.63) is 29.8 Å². The Hall–Kier alpha value is -1.59. The Bertz CT molecular complexity index is 445. The van der Waals surface area contributed by atoms with Gasteiger partial charge in [0.05, 0.1) is 20.3 Å². The Morgan fingerprint density at radius 3 is 2.85 bits per heavy atom. The number of hydrogen-bond acceptors (Lipinski definition) is 5. The Kier molecular flexibility index (Phi) is 5.38. The summed E-state index contributed by atoms with van der Waals surface area (Å²) < 4.78 is 10.4. The molecule has 0 heterocycles. The van der Waals surface area contributed by atoms with E-state index in [0.29, 0.717) is 24.8 Å². The molecule has 20 heavy (non-hydrogen) atoms. The quantitative estimate of drug-likeness (QED) is 0.701. The van der Waals surface area contributed by atoms with E-state index in [1.165, 1.54) is 7.11 Å². The fourth-order valence-electron chi connectivity index (χ4n) is 2.01. The van der Waals surface area contributed by atoms with Crippen LogP contribution in [0.3, 0.4) is 0 Å². The maximum atomic E-state index is 11.7. The summed E-state index contributed by atoms with van der Waals surface area (Å²) in [7, 11) is 1.39. The molecule has 0 aliphatic heterocycles. The van der Waals surface area contributed by atoms with Crippen molar-refractivity contribution >= 4 is 5.97 Å². The SMILES string of the molecule is COC(=O)C(CCOc1ccccc1CO)NC1CC1. The predicted molar refractivity (Wildman–Crippen MR) is 74.4 cm³/mol. The van der Waals surface area contributed by atoms with E-state index in [1.807, 2.05) is 24.3 Å². The zero-order chi connectivity index (χ0) is 14.4. The van der Waals surface area contributed by atoms with E-state index < -0.39 is 0 Å². The average molecular weight is 279 g/mol. The van der Waals surface area contributed by atoms with Gasteiger partial charge >= 0.3 is 5.97 Å². The molecule has 1 saturated carbocycles. The number of esters is 1. The fourth-order valence-corrected chi connectivity index (χ4v) is 2.01. The summed E-state index contributed by atoms with van der Waals surface area (Å²) in [6, 6.07) is 7.44. The van der Waals surface area contributed by atoms with E-state index in [-0.39, 0.29) is 18.6 Å². The highest BCUT2D eigenvalue weighted by atomic mass is 16.5. The molecule has 1 atom stereocenters. The van der Waals surface area contributed by atoms with Crippen LogP contribution in [0, 0.1) is 0 Å². The molecule has 0 saturated heterocycles. The first-order valence-electron chi connectivity index (χ1n) is 6.90. The molecule has 5 heteroatoms. The minimum atomic E-state index is -0.325. The highest BCUT2D eigenvalue weighted by Crippen LogP contribution is 2.21. The van der Waals surface area contributed by atoms with Crippen LogP contribution in [0.2, 0.25) is 0 Å². The van der Waals surface area contributed by atoms with E-state index in [2.05, 4.69) is 5.32 Å². The van der Waals surface area contributed by atoms with Gasteiger partial charge in [-0.05, 0) is 18.9 Å². The number of carbonyl (C=O) groups excluding carboxylic acids is 1. The summed E-state index contributed by atoms with van der Waals surface area (Å²) in [5.74, 6) is 0.404. The zero-order valence-electron chi connectivity index (χ0n) is 11.7. The summed E-state index contributed by atoms with van der Waals surface area (Å²) in [5, 5.41) is 12.5. The second kappa shape index (κ2) is 7.26. The highest BCUT2D eigenvalue weighted by molar-refractivity contribution is 5.75. The van der Waals surface area contributed by atoms with E-state index in [4.69, 9.17) is 9.47 Å². The Labute approximate surface area is 118 Å². The maximum Gasteiger partial charge on any atom is 0.322 e. The molecule has 2 N–H and O–H groups in total. The fraction of sp³-hybridized carbons (Fsp3) is 0.533. The van der Waals surface area contributed by atoms with Crippen molar-refractivity contribution in [1.82, 2.24) is 5.32 Å². The van der Waals surface area contributed by atoms with E-state index in [1.54, 1.807) is 0 Å².